The molecule has 0 saturated carbocycles. The number of carboxylic acid groups (broad SMARTS) is 1. The molecule has 0 fully saturated rings. The normalized spacial score (nSPS) is 13.1. The lowest BCUT2D eigenvalue weighted by molar-refractivity contribution is -0.143. The van der Waals surface area contributed by atoms with E-state index in [9.17, 15) is 14.7 Å². The molecule has 5 nitrogen and oxygen atoms in total. The van der Waals surface area contributed by atoms with Gasteiger partial charge in [-0.2, -0.15) is 0 Å². The molecule has 1 heterocycles. The van der Waals surface area contributed by atoms with Crippen LogP contribution in [0.25, 0.3) is 0 Å². The Bertz CT molecular complexity index is 683. The van der Waals surface area contributed by atoms with E-state index in [-0.39, 0.29) is 12.5 Å². The van der Waals surface area contributed by atoms with Gasteiger partial charge in [0.05, 0.1) is 12.0 Å². The third-order valence-electron chi connectivity index (χ3n) is 3.92. The number of benzene rings is 1. The number of carbonyl (C=O) groups is 2. The lowest BCUT2D eigenvalue weighted by Gasteiger charge is -2.29. The lowest BCUT2D eigenvalue weighted by Crippen LogP contribution is -2.46. The predicted octanol–water partition coefficient (Wildman–Crippen LogP) is 2.92. The molecule has 1 aromatic heterocycles. The van der Waals surface area contributed by atoms with E-state index < -0.39 is 11.4 Å². The number of thiophene rings is 1. The van der Waals surface area contributed by atoms with E-state index in [0.717, 1.165) is 0 Å². The Morgan fingerprint density at radius 1 is 1.30 bits per heavy atom. The fourth-order valence-corrected chi connectivity index (χ4v) is 3.17. The summed E-state index contributed by atoms with van der Waals surface area (Å²) in [6.45, 7) is 1.84. The van der Waals surface area contributed by atoms with Crippen LogP contribution in [-0.2, 0) is 10.2 Å². The maximum atomic E-state index is 12.2. The van der Waals surface area contributed by atoms with E-state index >= 15 is 0 Å². The average Bonchev–Trinajstić information content (AvgIpc) is 3.05. The minimum absolute atomic E-state index is 0.0297. The van der Waals surface area contributed by atoms with Gasteiger partial charge in [-0.15, -0.1) is 11.3 Å². The second kappa shape index (κ2) is 7.28. The van der Waals surface area contributed by atoms with E-state index in [1.54, 1.807) is 42.6 Å². The van der Waals surface area contributed by atoms with Gasteiger partial charge in [-0.25, -0.2) is 0 Å². The number of rotatable bonds is 7. The quantitative estimate of drug-likeness (QED) is 0.817. The van der Waals surface area contributed by atoms with Gasteiger partial charge in [0.25, 0.3) is 5.91 Å². The fourth-order valence-electron chi connectivity index (χ4n) is 2.40. The smallest absolute Gasteiger partial charge is 0.315 e. The van der Waals surface area contributed by atoms with Crippen LogP contribution in [0.2, 0.25) is 0 Å². The second-order valence-electron chi connectivity index (χ2n) is 5.14. The number of amides is 1. The molecule has 2 aromatic rings. The van der Waals surface area contributed by atoms with Gasteiger partial charge in [0.1, 0.15) is 11.2 Å². The number of hydrogen-bond acceptors (Lipinski definition) is 4. The summed E-state index contributed by atoms with van der Waals surface area (Å²) < 4.78 is 5.06. The van der Waals surface area contributed by atoms with Crippen molar-refractivity contribution in [3.63, 3.8) is 0 Å². The Morgan fingerprint density at radius 3 is 2.52 bits per heavy atom. The standard InChI is InChI=1S/C17H19NO4S/c1-3-17(16(20)21,12-7-5-4-6-8-12)11-18-15(19)14-9-13(22-2)10-23-14/h4-10H,3,11H2,1-2H3,(H,18,19)(H,20,21). The largest absolute Gasteiger partial charge is 0.496 e. The number of ether oxygens (including phenoxy) is 1. The van der Waals surface area contributed by atoms with Crippen LogP contribution in [0.15, 0.2) is 41.8 Å². The van der Waals surface area contributed by atoms with E-state index in [1.807, 2.05) is 6.07 Å². The number of hydrogen-bond donors (Lipinski definition) is 2. The third kappa shape index (κ3) is 3.53. The Kier molecular flexibility index (Phi) is 5.39. The monoisotopic (exact) mass is 333 g/mol. The number of aliphatic carboxylic acids is 1. The van der Waals surface area contributed by atoms with Crippen LogP contribution in [0, 0.1) is 0 Å². The van der Waals surface area contributed by atoms with Gasteiger partial charge < -0.3 is 15.2 Å². The fraction of sp³-hybridized carbons (Fsp3) is 0.294. The zero-order valence-corrected chi connectivity index (χ0v) is 13.9. The first kappa shape index (κ1) is 17.0. The number of methoxy groups -OCH3 is 1. The Labute approximate surface area is 138 Å². The summed E-state index contributed by atoms with van der Waals surface area (Å²) in [6.07, 6.45) is 0.375. The Hall–Kier alpha value is -2.34. The summed E-state index contributed by atoms with van der Waals surface area (Å²) in [6, 6.07) is 10.6. The predicted molar refractivity (Wildman–Crippen MR) is 89.3 cm³/mol. The molecule has 2 rings (SSSR count). The van der Waals surface area contributed by atoms with Gasteiger partial charge in [-0.3, -0.25) is 9.59 Å². The molecular weight excluding hydrogens is 314 g/mol. The molecule has 0 radical (unpaired) electrons. The summed E-state index contributed by atoms with van der Waals surface area (Å²) in [5, 5.41) is 14.2. The van der Waals surface area contributed by atoms with Crippen LogP contribution < -0.4 is 10.1 Å². The number of carboxylic acids is 1. The van der Waals surface area contributed by atoms with E-state index in [1.165, 1.54) is 18.4 Å². The van der Waals surface area contributed by atoms with Gasteiger partial charge in [0.2, 0.25) is 0 Å². The first-order valence-corrected chi connectivity index (χ1v) is 8.11. The average molecular weight is 333 g/mol. The highest BCUT2D eigenvalue weighted by molar-refractivity contribution is 7.12. The zero-order valence-electron chi connectivity index (χ0n) is 13.0. The van der Waals surface area contributed by atoms with Crippen LogP contribution in [0.5, 0.6) is 5.75 Å². The summed E-state index contributed by atoms with van der Waals surface area (Å²) in [4.78, 5) is 24.6. The van der Waals surface area contributed by atoms with Gasteiger partial charge in [-0.05, 0) is 12.0 Å². The van der Waals surface area contributed by atoms with Crippen molar-refractivity contribution >= 4 is 23.2 Å². The Morgan fingerprint density at radius 2 is 2.00 bits per heavy atom. The molecule has 1 unspecified atom stereocenters. The molecule has 0 saturated heterocycles. The van der Waals surface area contributed by atoms with E-state index in [2.05, 4.69) is 5.32 Å². The maximum absolute atomic E-state index is 12.2. The van der Waals surface area contributed by atoms with Crippen molar-refractivity contribution in [1.82, 2.24) is 5.32 Å². The zero-order chi connectivity index (χ0) is 16.9. The lowest BCUT2D eigenvalue weighted by atomic mass is 9.78. The van der Waals surface area contributed by atoms with Gasteiger partial charge in [0.15, 0.2) is 0 Å². The highest BCUT2D eigenvalue weighted by Crippen LogP contribution is 2.28. The first-order valence-electron chi connectivity index (χ1n) is 7.23. The molecule has 1 aromatic carbocycles. The highest BCUT2D eigenvalue weighted by Gasteiger charge is 2.39. The van der Waals surface area contributed by atoms with Crippen molar-refractivity contribution < 1.29 is 19.4 Å². The third-order valence-corrected chi connectivity index (χ3v) is 4.83. The summed E-state index contributed by atoms with van der Waals surface area (Å²) in [7, 11) is 1.53. The first-order chi connectivity index (χ1) is 11.0. The highest BCUT2D eigenvalue weighted by atomic mass is 32.1. The van der Waals surface area contributed by atoms with Gasteiger partial charge >= 0.3 is 5.97 Å². The van der Waals surface area contributed by atoms with Crippen molar-refractivity contribution in [2.45, 2.75) is 18.8 Å². The van der Waals surface area contributed by atoms with Gasteiger partial charge in [0, 0.05) is 18.0 Å². The Balaban J connectivity index is 2.19. The van der Waals surface area contributed by atoms with Crippen molar-refractivity contribution in [3.8, 4) is 5.75 Å². The van der Waals surface area contributed by atoms with E-state index in [0.29, 0.717) is 22.6 Å². The molecule has 6 heteroatoms. The maximum Gasteiger partial charge on any atom is 0.315 e. The van der Waals surface area contributed by atoms with Crippen molar-refractivity contribution in [2.24, 2.45) is 0 Å². The topological polar surface area (TPSA) is 75.6 Å². The molecule has 0 bridgehead atoms. The summed E-state index contributed by atoms with van der Waals surface area (Å²) in [5.74, 6) is -0.633. The van der Waals surface area contributed by atoms with Crippen molar-refractivity contribution in [2.75, 3.05) is 13.7 Å². The molecule has 0 spiro atoms. The van der Waals surface area contributed by atoms with Crippen molar-refractivity contribution in [1.29, 1.82) is 0 Å². The molecule has 122 valence electrons. The van der Waals surface area contributed by atoms with Crippen LogP contribution in [0.4, 0.5) is 0 Å². The molecule has 1 amide bonds. The molecule has 23 heavy (non-hydrogen) atoms. The van der Waals surface area contributed by atoms with Crippen LogP contribution in [-0.4, -0.2) is 30.6 Å². The van der Waals surface area contributed by atoms with Crippen LogP contribution >= 0.6 is 11.3 Å². The van der Waals surface area contributed by atoms with E-state index in [4.69, 9.17) is 4.74 Å². The molecule has 1 atom stereocenters. The molecule has 0 aliphatic rings. The minimum Gasteiger partial charge on any atom is -0.496 e. The molecular formula is C17H19NO4S. The second-order valence-corrected chi connectivity index (χ2v) is 6.05. The molecule has 2 N–H and O–H groups in total. The number of nitrogens with one attached hydrogen (secondary N) is 1. The number of carbonyl (C=O) groups excluding carboxylic acids is 1. The van der Waals surface area contributed by atoms with Crippen LogP contribution in [0.1, 0.15) is 28.6 Å². The van der Waals surface area contributed by atoms with Crippen LogP contribution in [0.3, 0.4) is 0 Å². The minimum atomic E-state index is -1.14. The molecule has 0 aliphatic carbocycles. The molecule has 0 aliphatic heterocycles. The van der Waals surface area contributed by atoms with Gasteiger partial charge in [-0.1, -0.05) is 37.3 Å². The summed E-state index contributed by atoms with van der Waals surface area (Å²) >= 11 is 1.26. The van der Waals surface area contributed by atoms with Crippen molar-refractivity contribution in [3.05, 3.63) is 52.2 Å². The summed E-state index contributed by atoms with van der Waals surface area (Å²) in [5.41, 5.74) is -0.461. The SMILES string of the molecule is CCC(CNC(=O)c1cc(OC)cs1)(C(=O)O)c1ccccc1.